The standard InChI is InChI=1S/C10H11N3O2S2/c11-8-2-1-3-10(4-8)17(14,15)13-6-9-5-12-7-16-9/h1-5,7,13H,6,11H2. The van der Waals surface area contributed by atoms with Crippen LogP contribution in [-0.2, 0) is 16.6 Å². The average Bonchev–Trinajstić information content (AvgIpc) is 2.79. The Hall–Kier alpha value is -1.44. The zero-order valence-corrected chi connectivity index (χ0v) is 10.5. The predicted octanol–water partition coefficient (Wildman–Crippen LogP) is 1.20. The van der Waals surface area contributed by atoms with Gasteiger partial charge >= 0.3 is 0 Å². The number of hydrogen-bond acceptors (Lipinski definition) is 5. The van der Waals surface area contributed by atoms with Gasteiger partial charge in [-0.2, -0.15) is 0 Å². The Labute approximate surface area is 103 Å². The van der Waals surface area contributed by atoms with Crippen molar-refractivity contribution in [1.29, 1.82) is 0 Å². The minimum atomic E-state index is -3.51. The molecule has 7 heteroatoms. The lowest BCUT2D eigenvalue weighted by Crippen LogP contribution is -2.22. The third kappa shape index (κ3) is 3.02. The topological polar surface area (TPSA) is 85.1 Å². The van der Waals surface area contributed by atoms with Gasteiger partial charge in [0.2, 0.25) is 10.0 Å². The molecule has 0 saturated carbocycles. The smallest absolute Gasteiger partial charge is 0.240 e. The summed E-state index contributed by atoms with van der Waals surface area (Å²) in [6, 6.07) is 6.18. The molecule has 0 amide bonds. The molecule has 0 atom stereocenters. The van der Waals surface area contributed by atoms with Crippen LogP contribution in [0.4, 0.5) is 5.69 Å². The van der Waals surface area contributed by atoms with E-state index in [2.05, 4.69) is 9.71 Å². The summed E-state index contributed by atoms with van der Waals surface area (Å²) < 4.78 is 26.3. The number of nitrogens with zero attached hydrogens (tertiary/aromatic N) is 1. The molecule has 0 aliphatic carbocycles. The average molecular weight is 269 g/mol. The molecule has 2 rings (SSSR count). The first kappa shape index (κ1) is 12.0. The van der Waals surface area contributed by atoms with Crippen molar-refractivity contribution >= 4 is 27.0 Å². The lowest BCUT2D eigenvalue weighted by molar-refractivity contribution is 0.582. The molecular weight excluding hydrogens is 258 g/mol. The van der Waals surface area contributed by atoms with Gasteiger partial charge in [-0.25, -0.2) is 13.1 Å². The number of sulfonamides is 1. The molecule has 0 aliphatic rings. The largest absolute Gasteiger partial charge is 0.399 e. The fourth-order valence-corrected chi connectivity index (χ4v) is 2.95. The van der Waals surface area contributed by atoms with Gasteiger partial charge < -0.3 is 5.73 Å². The Morgan fingerprint density at radius 3 is 2.88 bits per heavy atom. The van der Waals surface area contributed by atoms with Crippen LogP contribution in [0.2, 0.25) is 0 Å². The number of nitrogens with one attached hydrogen (secondary N) is 1. The first-order valence-corrected chi connectivity index (χ1v) is 7.17. The van der Waals surface area contributed by atoms with E-state index in [1.807, 2.05) is 0 Å². The third-order valence-electron chi connectivity index (χ3n) is 2.09. The van der Waals surface area contributed by atoms with Crippen molar-refractivity contribution in [3.63, 3.8) is 0 Å². The molecule has 0 unspecified atom stereocenters. The van der Waals surface area contributed by atoms with Crippen LogP contribution in [0.5, 0.6) is 0 Å². The number of nitrogens with two attached hydrogens (primary N) is 1. The van der Waals surface area contributed by atoms with Crippen molar-refractivity contribution in [3.8, 4) is 0 Å². The Balaban J connectivity index is 2.14. The van der Waals surface area contributed by atoms with Gasteiger partial charge in [0.25, 0.3) is 0 Å². The predicted molar refractivity (Wildman–Crippen MR) is 67.0 cm³/mol. The van der Waals surface area contributed by atoms with E-state index in [0.717, 1.165) is 4.88 Å². The number of aromatic nitrogens is 1. The summed E-state index contributed by atoms with van der Waals surface area (Å²) in [5, 5.41) is 0. The van der Waals surface area contributed by atoms with E-state index in [-0.39, 0.29) is 11.4 Å². The SMILES string of the molecule is Nc1cccc(S(=O)(=O)NCc2cncs2)c1. The van der Waals surface area contributed by atoms with Crippen LogP contribution in [0, 0.1) is 0 Å². The Bertz CT molecular complexity index is 594. The number of benzene rings is 1. The fourth-order valence-electron chi connectivity index (χ4n) is 1.26. The van der Waals surface area contributed by atoms with Crippen LogP contribution >= 0.6 is 11.3 Å². The highest BCUT2D eigenvalue weighted by Gasteiger charge is 2.13. The monoisotopic (exact) mass is 269 g/mol. The molecular formula is C10H11N3O2S2. The molecule has 0 fully saturated rings. The summed E-state index contributed by atoms with van der Waals surface area (Å²) in [4.78, 5) is 4.90. The highest BCUT2D eigenvalue weighted by atomic mass is 32.2. The van der Waals surface area contributed by atoms with Gasteiger partial charge in [0.15, 0.2) is 0 Å². The van der Waals surface area contributed by atoms with Crippen LogP contribution in [0.15, 0.2) is 40.9 Å². The zero-order valence-electron chi connectivity index (χ0n) is 8.83. The molecule has 0 aliphatic heterocycles. The van der Waals surface area contributed by atoms with E-state index in [9.17, 15) is 8.42 Å². The van der Waals surface area contributed by atoms with Crippen LogP contribution in [0.1, 0.15) is 4.88 Å². The van der Waals surface area contributed by atoms with Crippen molar-refractivity contribution in [3.05, 3.63) is 40.8 Å². The van der Waals surface area contributed by atoms with Crippen molar-refractivity contribution in [2.24, 2.45) is 0 Å². The maximum absolute atomic E-state index is 11.9. The Morgan fingerprint density at radius 2 is 2.24 bits per heavy atom. The number of nitrogen functional groups attached to an aromatic ring is 1. The summed E-state index contributed by atoms with van der Waals surface area (Å²) >= 11 is 1.40. The van der Waals surface area contributed by atoms with Gasteiger partial charge in [-0.3, -0.25) is 4.98 Å². The summed E-state index contributed by atoms with van der Waals surface area (Å²) in [6.07, 6.45) is 1.63. The van der Waals surface area contributed by atoms with Gasteiger partial charge in [0, 0.05) is 23.3 Å². The van der Waals surface area contributed by atoms with Crippen molar-refractivity contribution in [1.82, 2.24) is 9.71 Å². The number of thiazole rings is 1. The van der Waals surface area contributed by atoms with E-state index < -0.39 is 10.0 Å². The van der Waals surface area contributed by atoms with Crippen LogP contribution in [-0.4, -0.2) is 13.4 Å². The van der Waals surface area contributed by atoms with Crippen LogP contribution < -0.4 is 10.5 Å². The highest BCUT2D eigenvalue weighted by molar-refractivity contribution is 7.89. The van der Waals surface area contributed by atoms with E-state index in [1.54, 1.807) is 23.8 Å². The van der Waals surface area contributed by atoms with Gasteiger partial charge in [0.05, 0.1) is 10.4 Å². The van der Waals surface area contributed by atoms with Crippen LogP contribution in [0.25, 0.3) is 0 Å². The molecule has 2 aromatic rings. The Morgan fingerprint density at radius 1 is 1.41 bits per heavy atom. The Kier molecular flexibility index (Phi) is 3.41. The van der Waals surface area contributed by atoms with Crippen molar-refractivity contribution < 1.29 is 8.42 Å². The lowest BCUT2D eigenvalue weighted by atomic mass is 10.3. The summed E-state index contributed by atoms with van der Waals surface area (Å²) in [5.41, 5.74) is 7.62. The summed E-state index contributed by atoms with van der Waals surface area (Å²) in [5.74, 6) is 0. The molecule has 0 spiro atoms. The number of rotatable bonds is 4. The molecule has 0 bridgehead atoms. The minimum Gasteiger partial charge on any atom is -0.399 e. The molecule has 1 aromatic heterocycles. The highest BCUT2D eigenvalue weighted by Crippen LogP contribution is 2.13. The molecule has 1 heterocycles. The van der Waals surface area contributed by atoms with Gasteiger partial charge in [0.1, 0.15) is 0 Å². The molecule has 0 saturated heterocycles. The van der Waals surface area contributed by atoms with Crippen molar-refractivity contribution in [2.45, 2.75) is 11.4 Å². The van der Waals surface area contributed by atoms with Gasteiger partial charge in [-0.05, 0) is 18.2 Å². The molecule has 3 N–H and O–H groups in total. The van der Waals surface area contributed by atoms with E-state index in [4.69, 9.17) is 5.73 Å². The second-order valence-corrected chi connectivity index (χ2v) is 6.10. The molecule has 5 nitrogen and oxygen atoms in total. The molecule has 90 valence electrons. The minimum absolute atomic E-state index is 0.169. The second-order valence-electron chi connectivity index (χ2n) is 3.36. The van der Waals surface area contributed by atoms with E-state index in [0.29, 0.717) is 5.69 Å². The summed E-state index contributed by atoms with van der Waals surface area (Å²) in [6.45, 7) is 0.238. The first-order valence-electron chi connectivity index (χ1n) is 4.80. The zero-order chi connectivity index (χ0) is 12.3. The van der Waals surface area contributed by atoms with Crippen molar-refractivity contribution in [2.75, 3.05) is 5.73 Å². The maximum Gasteiger partial charge on any atom is 0.240 e. The number of anilines is 1. The van der Waals surface area contributed by atoms with Gasteiger partial charge in [-0.15, -0.1) is 11.3 Å². The maximum atomic E-state index is 11.9. The molecule has 17 heavy (non-hydrogen) atoms. The lowest BCUT2D eigenvalue weighted by Gasteiger charge is -2.05. The first-order chi connectivity index (χ1) is 8.08. The number of hydrogen-bond donors (Lipinski definition) is 2. The van der Waals surface area contributed by atoms with E-state index in [1.165, 1.54) is 23.5 Å². The normalized spacial score (nSPS) is 11.5. The third-order valence-corrected chi connectivity index (χ3v) is 4.27. The molecule has 1 aromatic carbocycles. The van der Waals surface area contributed by atoms with E-state index >= 15 is 0 Å². The van der Waals surface area contributed by atoms with Crippen LogP contribution in [0.3, 0.4) is 0 Å². The van der Waals surface area contributed by atoms with Gasteiger partial charge in [-0.1, -0.05) is 6.07 Å². The second kappa shape index (κ2) is 4.82. The quantitative estimate of drug-likeness (QED) is 0.817. The fraction of sp³-hybridized carbons (Fsp3) is 0.100. The summed E-state index contributed by atoms with van der Waals surface area (Å²) in [7, 11) is -3.51. The molecule has 0 radical (unpaired) electrons.